The number of ether oxygens (including phenoxy) is 1. The Bertz CT molecular complexity index is 1290. The Morgan fingerprint density at radius 1 is 0.941 bits per heavy atom. The minimum absolute atomic E-state index is 0.365. The number of para-hydroxylation sites is 2. The highest BCUT2D eigenvalue weighted by molar-refractivity contribution is 5.82. The van der Waals surface area contributed by atoms with Crippen molar-refractivity contribution in [3.05, 3.63) is 78.0 Å². The summed E-state index contributed by atoms with van der Waals surface area (Å²) in [6.45, 7) is 3.10. The number of rotatable bonds is 6. The molecule has 5 rings (SSSR count). The third-order valence-corrected chi connectivity index (χ3v) is 5.83. The monoisotopic (exact) mass is 462 g/mol. The molecule has 0 bridgehead atoms. The lowest BCUT2D eigenvalue weighted by atomic mass is 10.1. The van der Waals surface area contributed by atoms with Gasteiger partial charge in [0, 0.05) is 44.4 Å². The number of methoxy groups -OCH3 is 1. The van der Waals surface area contributed by atoms with Crippen LogP contribution in [0.3, 0.4) is 0 Å². The van der Waals surface area contributed by atoms with Gasteiger partial charge < -0.3 is 15.0 Å². The second-order valence-corrected chi connectivity index (χ2v) is 8.10. The predicted molar refractivity (Wildman–Crippen MR) is 127 cm³/mol. The lowest BCUT2D eigenvalue weighted by Gasteiger charge is -2.36. The van der Waals surface area contributed by atoms with Crippen molar-refractivity contribution < 1.29 is 13.5 Å². The number of hydrogen-bond donors (Lipinski definition) is 1. The van der Waals surface area contributed by atoms with E-state index < -0.39 is 5.82 Å². The molecule has 0 atom stereocenters. The van der Waals surface area contributed by atoms with Crippen LogP contribution in [-0.4, -0.2) is 53.1 Å². The number of benzene rings is 2. The molecule has 174 valence electrons. The van der Waals surface area contributed by atoms with Crippen molar-refractivity contribution in [3.63, 3.8) is 0 Å². The van der Waals surface area contributed by atoms with Gasteiger partial charge in [-0.2, -0.15) is 0 Å². The van der Waals surface area contributed by atoms with E-state index in [0.29, 0.717) is 50.0 Å². The number of halogens is 2. The van der Waals surface area contributed by atoms with E-state index in [9.17, 15) is 8.78 Å². The molecule has 1 N–H and O–H groups in total. The van der Waals surface area contributed by atoms with E-state index in [1.807, 2.05) is 30.3 Å². The van der Waals surface area contributed by atoms with Gasteiger partial charge in [-0.3, -0.25) is 4.90 Å². The van der Waals surface area contributed by atoms with Crippen molar-refractivity contribution in [1.29, 1.82) is 0 Å². The summed E-state index contributed by atoms with van der Waals surface area (Å²) < 4.78 is 32.8. The van der Waals surface area contributed by atoms with E-state index in [1.165, 1.54) is 12.1 Å². The molecule has 0 spiro atoms. The van der Waals surface area contributed by atoms with Gasteiger partial charge in [-0.1, -0.05) is 12.1 Å². The Morgan fingerprint density at radius 3 is 2.41 bits per heavy atom. The molecule has 0 unspecified atom stereocenters. The van der Waals surface area contributed by atoms with Gasteiger partial charge in [-0.25, -0.2) is 23.7 Å². The summed E-state index contributed by atoms with van der Waals surface area (Å²) in [5.74, 6) is 1.09. The van der Waals surface area contributed by atoms with Crippen LogP contribution in [0.4, 0.5) is 26.1 Å². The molecule has 34 heavy (non-hydrogen) atoms. The Kier molecular flexibility index (Phi) is 6.18. The molecule has 1 saturated heterocycles. The van der Waals surface area contributed by atoms with Crippen LogP contribution in [0.15, 0.2) is 60.8 Å². The minimum atomic E-state index is -0.426. The predicted octanol–water partition coefficient (Wildman–Crippen LogP) is 4.38. The van der Waals surface area contributed by atoms with Gasteiger partial charge in [0.1, 0.15) is 11.6 Å². The van der Waals surface area contributed by atoms with Crippen LogP contribution in [0, 0.1) is 11.6 Å². The zero-order valence-electron chi connectivity index (χ0n) is 18.7. The molecule has 0 amide bonds. The van der Waals surface area contributed by atoms with Crippen LogP contribution in [0.25, 0.3) is 11.0 Å². The molecule has 9 heteroatoms. The Labute approximate surface area is 196 Å². The van der Waals surface area contributed by atoms with Crippen molar-refractivity contribution in [3.8, 4) is 5.88 Å². The lowest BCUT2D eigenvalue weighted by molar-refractivity contribution is 0.246. The average Bonchev–Trinajstić information content (AvgIpc) is 2.87. The topological polar surface area (TPSA) is 66.4 Å². The van der Waals surface area contributed by atoms with E-state index in [4.69, 9.17) is 14.7 Å². The molecular formula is C25H24F2N6O. The second-order valence-electron chi connectivity index (χ2n) is 8.10. The van der Waals surface area contributed by atoms with Crippen LogP contribution in [0.1, 0.15) is 5.56 Å². The Morgan fingerprint density at radius 2 is 1.71 bits per heavy atom. The average molecular weight is 463 g/mol. The fraction of sp³-hybridized carbons (Fsp3) is 0.240. The molecule has 2 aromatic heterocycles. The standard InChI is InChI=1S/C25H24F2N6O/c1-34-23-9-7-19(15-28-23)29-24-25(31-22-5-3-2-4-21(22)30-24)33-12-10-32(11-13-33)16-17-14-18(26)6-8-20(17)27/h2-9,14-15H,10-13,16H2,1H3,(H,29,30). The summed E-state index contributed by atoms with van der Waals surface area (Å²) in [5.41, 5.74) is 2.73. The first-order valence-corrected chi connectivity index (χ1v) is 11.0. The number of nitrogens with one attached hydrogen (secondary N) is 1. The zero-order chi connectivity index (χ0) is 23.5. The summed E-state index contributed by atoms with van der Waals surface area (Å²) in [4.78, 5) is 18.2. The van der Waals surface area contributed by atoms with E-state index in [-0.39, 0.29) is 5.82 Å². The summed E-state index contributed by atoms with van der Waals surface area (Å²) in [6, 6.07) is 15.0. The van der Waals surface area contributed by atoms with Crippen LogP contribution >= 0.6 is 0 Å². The van der Waals surface area contributed by atoms with Gasteiger partial charge in [0.2, 0.25) is 5.88 Å². The number of pyridine rings is 1. The third kappa shape index (κ3) is 4.74. The summed E-state index contributed by atoms with van der Waals surface area (Å²) >= 11 is 0. The zero-order valence-corrected chi connectivity index (χ0v) is 18.7. The van der Waals surface area contributed by atoms with Crippen LogP contribution in [0.5, 0.6) is 5.88 Å². The minimum Gasteiger partial charge on any atom is -0.481 e. The molecule has 1 fully saturated rings. The molecule has 0 radical (unpaired) electrons. The molecule has 0 aliphatic carbocycles. The number of anilines is 3. The van der Waals surface area contributed by atoms with Crippen LogP contribution in [0.2, 0.25) is 0 Å². The third-order valence-electron chi connectivity index (χ3n) is 5.83. The van der Waals surface area contributed by atoms with Gasteiger partial charge in [0.15, 0.2) is 11.6 Å². The normalized spacial score (nSPS) is 14.4. The largest absolute Gasteiger partial charge is 0.481 e. The molecule has 4 aromatic rings. The number of nitrogens with zero attached hydrogens (tertiary/aromatic N) is 5. The molecule has 7 nitrogen and oxygen atoms in total. The summed E-state index contributed by atoms with van der Waals surface area (Å²) in [6.07, 6.45) is 1.69. The quantitative estimate of drug-likeness (QED) is 0.456. The second kappa shape index (κ2) is 9.56. The van der Waals surface area contributed by atoms with Gasteiger partial charge in [-0.15, -0.1) is 0 Å². The van der Waals surface area contributed by atoms with Crippen molar-refractivity contribution in [2.45, 2.75) is 6.54 Å². The maximum absolute atomic E-state index is 14.1. The number of piperazine rings is 1. The SMILES string of the molecule is COc1ccc(Nc2nc3ccccc3nc2N2CCN(Cc3cc(F)ccc3F)CC2)cn1. The highest BCUT2D eigenvalue weighted by Crippen LogP contribution is 2.29. The van der Waals surface area contributed by atoms with Gasteiger partial charge in [-0.05, 0) is 36.4 Å². The Hall–Kier alpha value is -3.85. The lowest BCUT2D eigenvalue weighted by Crippen LogP contribution is -2.46. The van der Waals surface area contributed by atoms with Crippen molar-refractivity contribution in [2.24, 2.45) is 0 Å². The van der Waals surface area contributed by atoms with Crippen molar-refractivity contribution in [1.82, 2.24) is 19.9 Å². The van der Waals surface area contributed by atoms with E-state index in [2.05, 4.69) is 20.1 Å². The van der Waals surface area contributed by atoms with Gasteiger partial charge in [0.25, 0.3) is 0 Å². The highest BCUT2D eigenvalue weighted by Gasteiger charge is 2.23. The van der Waals surface area contributed by atoms with Gasteiger partial charge >= 0.3 is 0 Å². The molecule has 1 aliphatic rings. The Balaban J connectivity index is 1.37. The van der Waals surface area contributed by atoms with E-state index in [0.717, 1.165) is 28.6 Å². The summed E-state index contributed by atoms with van der Waals surface area (Å²) in [5, 5.41) is 3.34. The van der Waals surface area contributed by atoms with Crippen LogP contribution < -0.4 is 15.0 Å². The molecular weight excluding hydrogens is 438 g/mol. The smallest absolute Gasteiger partial charge is 0.213 e. The first-order chi connectivity index (χ1) is 16.6. The highest BCUT2D eigenvalue weighted by atomic mass is 19.1. The first kappa shape index (κ1) is 22.0. The number of hydrogen-bond acceptors (Lipinski definition) is 7. The summed E-state index contributed by atoms with van der Waals surface area (Å²) in [7, 11) is 1.57. The maximum atomic E-state index is 14.1. The van der Waals surface area contributed by atoms with Crippen LogP contribution in [-0.2, 0) is 6.54 Å². The molecule has 0 saturated carbocycles. The fourth-order valence-electron chi connectivity index (χ4n) is 4.03. The van der Waals surface area contributed by atoms with Crippen molar-refractivity contribution in [2.75, 3.05) is 43.5 Å². The number of fused-ring (bicyclic) bond motifs is 1. The number of aromatic nitrogens is 3. The fourth-order valence-corrected chi connectivity index (χ4v) is 4.03. The van der Waals surface area contributed by atoms with E-state index in [1.54, 1.807) is 19.4 Å². The molecule has 1 aliphatic heterocycles. The molecule has 2 aromatic carbocycles. The first-order valence-electron chi connectivity index (χ1n) is 11.0. The van der Waals surface area contributed by atoms with Gasteiger partial charge in [0.05, 0.1) is 30.0 Å². The van der Waals surface area contributed by atoms with E-state index >= 15 is 0 Å². The maximum Gasteiger partial charge on any atom is 0.213 e. The molecule has 3 heterocycles. The van der Waals surface area contributed by atoms with Crippen molar-refractivity contribution >= 4 is 28.4 Å².